The Morgan fingerprint density at radius 3 is 2.93 bits per heavy atom. The molecule has 0 saturated carbocycles. The molecule has 1 saturated heterocycles. The van der Waals surface area contributed by atoms with Crippen LogP contribution in [-0.4, -0.2) is 29.4 Å². The molecule has 0 aromatic carbocycles. The molecule has 2 heterocycles. The monoisotopic (exact) mass is 194 g/mol. The van der Waals surface area contributed by atoms with Gasteiger partial charge >= 0.3 is 0 Å². The Bertz CT molecular complexity index is 335. The molecule has 4 nitrogen and oxygen atoms in total. The van der Waals surface area contributed by atoms with E-state index in [2.05, 4.69) is 5.16 Å². The van der Waals surface area contributed by atoms with Crippen LogP contribution in [0.1, 0.15) is 30.3 Å². The van der Waals surface area contributed by atoms with Gasteiger partial charge in [-0.25, -0.2) is 0 Å². The molecule has 0 radical (unpaired) electrons. The first-order valence-corrected chi connectivity index (χ1v) is 4.83. The number of hydrogen-bond acceptors (Lipinski definition) is 4. The Labute approximate surface area is 82.9 Å². The van der Waals surface area contributed by atoms with E-state index in [1.807, 2.05) is 24.9 Å². The average Bonchev–Trinajstić information content (AvgIpc) is 2.72. The maximum absolute atomic E-state index is 10.7. The normalized spacial score (nSPS) is 28.1. The minimum absolute atomic E-state index is 0.0328. The van der Waals surface area contributed by atoms with Crippen molar-refractivity contribution in [1.29, 1.82) is 0 Å². The van der Waals surface area contributed by atoms with E-state index in [9.17, 15) is 4.79 Å². The van der Waals surface area contributed by atoms with Crippen LogP contribution in [0.15, 0.2) is 10.6 Å². The predicted octanol–water partition coefficient (Wildman–Crippen LogP) is 1.32. The summed E-state index contributed by atoms with van der Waals surface area (Å²) >= 11 is 0. The van der Waals surface area contributed by atoms with Crippen molar-refractivity contribution in [2.75, 3.05) is 7.05 Å². The van der Waals surface area contributed by atoms with E-state index < -0.39 is 0 Å². The number of rotatable bonds is 2. The molecule has 1 aromatic rings. The molecule has 2 atom stereocenters. The Morgan fingerprint density at radius 1 is 1.64 bits per heavy atom. The van der Waals surface area contributed by atoms with Crippen LogP contribution in [0.4, 0.5) is 0 Å². The van der Waals surface area contributed by atoms with Crippen molar-refractivity contribution in [3.05, 3.63) is 17.5 Å². The van der Waals surface area contributed by atoms with Crippen molar-refractivity contribution in [2.45, 2.75) is 31.8 Å². The van der Waals surface area contributed by atoms with Crippen LogP contribution in [0.5, 0.6) is 0 Å². The molecule has 0 amide bonds. The summed E-state index contributed by atoms with van der Waals surface area (Å²) in [5.41, 5.74) is 0.892. The van der Waals surface area contributed by atoms with Crippen LogP contribution >= 0.6 is 0 Å². The van der Waals surface area contributed by atoms with E-state index in [1.165, 1.54) is 0 Å². The summed E-state index contributed by atoms with van der Waals surface area (Å²) in [6.45, 7) is 1.90. The third-order valence-corrected chi connectivity index (χ3v) is 2.88. The van der Waals surface area contributed by atoms with Gasteiger partial charge in [0.15, 0.2) is 5.76 Å². The van der Waals surface area contributed by atoms with Crippen molar-refractivity contribution in [2.24, 2.45) is 0 Å². The minimum Gasteiger partial charge on any atom is -0.359 e. The topological polar surface area (TPSA) is 46.3 Å². The van der Waals surface area contributed by atoms with E-state index in [0.717, 1.165) is 30.6 Å². The van der Waals surface area contributed by atoms with E-state index >= 15 is 0 Å². The van der Waals surface area contributed by atoms with Crippen molar-refractivity contribution in [3.63, 3.8) is 0 Å². The molecule has 1 aliphatic heterocycles. The summed E-state index contributed by atoms with van der Waals surface area (Å²) in [5.74, 6) is 0.870. The fourth-order valence-electron chi connectivity index (χ4n) is 2.01. The zero-order chi connectivity index (χ0) is 10.1. The summed E-state index contributed by atoms with van der Waals surface area (Å²) in [5, 5.41) is 3.86. The third-order valence-electron chi connectivity index (χ3n) is 2.88. The summed E-state index contributed by atoms with van der Waals surface area (Å²) in [7, 11) is 1.95. The van der Waals surface area contributed by atoms with E-state index in [-0.39, 0.29) is 12.1 Å². The Balaban J connectivity index is 2.17. The molecule has 2 rings (SSSR count). The van der Waals surface area contributed by atoms with Gasteiger partial charge in [0, 0.05) is 6.07 Å². The number of likely N-dealkylation sites (N-methyl/N-ethyl adjacent to an activating group) is 1. The largest absolute Gasteiger partial charge is 0.359 e. The van der Waals surface area contributed by atoms with Crippen LogP contribution in [0.25, 0.3) is 0 Å². The minimum atomic E-state index is 0.0328. The van der Waals surface area contributed by atoms with Crippen LogP contribution in [0, 0.1) is 6.92 Å². The van der Waals surface area contributed by atoms with Crippen molar-refractivity contribution >= 4 is 6.29 Å². The molecule has 0 aliphatic carbocycles. The SMILES string of the molecule is Cc1cc(C2CCC(C=O)N2C)on1. The van der Waals surface area contributed by atoms with Gasteiger partial charge in [0.25, 0.3) is 0 Å². The Hall–Kier alpha value is -1.16. The summed E-state index contributed by atoms with van der Waals surface area (Å²) in [6.07, 6.45) is 2.88. The lowest BCUT2D eigenvalue weighted by molar-refractivity contribution is -0.111. The lowest BCUT2D eigenvalue weighted by Crippen LogP contribution is -2.28. The third kappa shape index (κ3) is 1.46. The van der Waals surface area contributed by atoms with Crippen LogP contribution < -0.4 is 0 Å². The smallest absolute Gasteiger partial charge is 0.154 e. The van der Waals surface area contributed by atoms with Crippen LogP contribution in [0.3, 0.4) is 0 Å². The van der Waals surface area contributed by atoms with Gasteiger partial charge in [-0.15, -0.1) is 0 Å². The van der Waals surface area contributed by atoms with Gasteiger partial charge in [-0.3, -0.25) is 4.90 Å². The molecule has 0 N–H and O–H groups in total. The number of aryl methyl sites for hydroxylation is 1. The fourth-order valence-corrected chi connectivity index (χ4v) is 2.01. The zero-order valence-corrected chi connectivity index (χ0v) is 8.43. The van der Waals surface area contributed by atoms with Crippen molar-refractivity contribution < 1.29 is 9.32 Å². The number of hydrogen-bond donors (Lipinski definition) is 0. The van der Waals surface area contributed by atoms with Crippen molar-refractivity contribution in [3.8, 4) is 0 Å². The van der Waals surface area contributed by atoms with Gasteiger partial charge in [0.2, 0.25) is 0 Å². The molecular weight excluding hydrogens is 180 g/mol. The average molecular weight is 194 g/mol. The molecule has 4 heteroatoms. The first-order chi connectivity index (χ1) is 6.72. The van der Waals surface area contributed by atoms with Gasteiger partial charge in [0.05, 0.1) is 17.8 Å². The number of nitrogens with zero attached hydrogens (tertiary/aromatic N) is 2. The highest BCUT2D eigenvalue weighted by molar-refractivity contribution is 5.58. The first-order valence-electron chi connectivity index (χ1n) is 4.83. The number of carbonyl (C=O) groups excluding carboxylic acids is 1. The number of likely N-dealkylation sites (tertiary alicyclic amines) is 1. The molecule has 76 valence electrons. The summed E-state index contributed by atoms with van der Waals surface area (Å²) < 4.78 is 5.20. The maximum Gasteiger partial charge on any atom is 0.154 e. The van der Waals surface area contributed by atoms with Gasteiger partial charge in [-0.1, -0.05) is 5.16 Å². The molecule has 14 heavy (non-hydrogen) atoms. The van der Waals surface area contributed by atoms with Gasteiger partial charge in [0.1, 0.15) is 6.29 Å². The summed E-state index contributed by atoms with van der Waals surface area (Å²) in [4.78, 5) is 12.8. The quantitative estimate of drug-likeness (QED) is 0.666. The van der Waals surface area contributed by atoms with Crippen molar-refractivity contribution in [1.82, 2.24) is 10.1 Å². The lowest BCUT2D eigenvalue weighted by atomic mass is 10.1. The van der Waals surface area contributed by atoms with E-state index in [1.54, 1.807) is 0 Å². The van der Waals surface area contributed by atoms with E-state index in [0.29, 0.717) is 0 Å². The van der Waals surface area contributed by atoms with Crippen LogP contribution in [-0.2, 0) is 4.79 Å². The fraction of sp³-hybridized carbons (Fsp3) is 0.600. The van der Waals surface area contributed by atoms with Gasteiger partial charge in [-0.05, 0) is 26.8 Å². The second kappa shape index (κ2) is 3.53. The first kappa shape index (κ1) is 9.40. The number of aldehydes is 1. The number of aromatic nitrogens is 1. The Kier molecular flexibility index (Phi) is 2.37. The predicted molar refractivity (Wildman–Crippen MR) is 50.8 cm³/mol. The highest BCUT2D eigenvalue weighted by atomic mass is 16.5. The summed E-state index contributed by atoms with van der Waals surface area (Å²) in [6, 6.07) is 2.19. The molecule has 1 fully saturated rings. The molecule has 2 unspecified atom stereocenters. The van der Waals surface area contributed by atoms with Gasteiger partial charge in [-0.2, -0.15) is 0 Å². The highest BCUT2D eigenvalue weighted by Crippen LogP contribution is 2.33. The molecule has 0 spiro atoms. The zero-order valence-electron chi connectivity index (χ0n) is 8.43. The number of carbonyl (C=O) groups is 1. The van der Waals surface area contributed by atoms with E-state index in [4.69, 9.17) is 4.52 Å². The molecule has 1 aliphatic rings. The van der Waals surface area contributed by atoms with Crippen LogP contribution in [0.2, 0.25) is 0 Å². The highest BCUT2D eigenvalue weighted by Gasteiger charge is 2.33. The molecular formula is C10H14N2O2. The lowest BCUT2D eigenvalue weighted by Gasteiger charge is -2.19. The molecule has 1 aromatic heterocycles. The Morgan fingerprint density at radius 2 is 2.43 bits per heavy atom. The second-order valence-corrected chi connectivity index (χ2v) is 3.83. The van der Waals surface area contributed by atoms with Gasteiger partial charge < -0.3 is 9.32 Å². The molecule has 0 bridgehead atoms. The second-order valence-electron chi connectivity index (χ2n) is 3.83. The standard InChI is InChI=1S/C10H14N2O2/c1-7-5-10(14-11-7)9-4-3-8(6-13)12(9)2/h5-6,8-9H,3-4H2,1-2H3. The maximum atomic E-state index is 10.7.